The van der Waals surface area contributed by atoms with Crippen molar-refractivity contribution in [2.24, 2.45) is 0 Å². The van der Waals surface area contributed by atoms with Crippen LogP contribution in [0.3, 0.4) is 0 Å². The van der Waals surface area contributed by atoms with E-state index in [1.54, 1.807) is 7.11 Å². The molecule has 2 heterocycles. The maximum atomic E-state index is 7.23. The first-order valence-electron chi connectivity index (χ1n) is 19.6. The summed E-state index contributed by atoms with van der Waals surface area (Å²) in [6.07, 6.45) is -1.84. The van der Waals surface area contributed by atoms with Crippen LogP contribution in [0.25, 0.3) is 10.1 Å². The largest absolute Gasteiger partial charge is 0.496 e. The van der Waals surface area contributed by atoms with Gasteiger partial charge in [0.2, 0.25) is 0 Å². The number of rotatable bonds is 17. The fourth-order valence-corrected chi connectivity index (χ4v) is 8.57. The molecule has 290 valence electrons. The molecule has 1 aliphatic heterocycles. The highest BCUT2D eigenvalue weighted by Crippen LogP contribution is 2.40. The molecule has 0 aliphatic carbocycles. The van der Waals surface area contributed by atoms with E-state index in [0.717, 1.165) is 45.6 Å². The van der Waals surface area contributed by atoms with Crippen molar-refractivity contribution < 1.29 is 28.4 Å². The molecule has 0 radical (unpaired) electrons. The second kappa shape index (κ2) is 19.4. The van der Waals surface area contributed by atoms with E-state index in [9.17, 15) is 0 Å². The zero-order valence-electron chi connectivity index (χ0n) is 32.2. The van der Waals surface area contributed by atoms with E-state index in [1.165, 1.54) is 15.0 Å². The molecule has 1 aliphatic rings. The molecule has 0 N–H and O–H groups in total. The quantitative estimate of drug-likeness (QED) is 0.0918. The lowest BCUT2D eigenvalue weighted by atomic mass is 9.89. The maximum absolute atomic E-state index is 7.23. The first kappa shape index (κ1) is 38.7. The summed E-state index contributed by atoms with van der Waals surface area (Å²) in [5.74, 6) is 0.831. The van der Waals surface area contributed by atoms with Gasteiger partial charge in [0, 0.05) is 16.0 Å². The molecule has 1 fully saturated rings. The Morgan fingerprint density at radius 1 is 0.526 bits per heavy atom. The van der Waals surface area contributed by atoms with Crippen LogP contribution in [0.1, 0.15) is 44.4 Å². The molecule has 0 bridgehead atoms. The predicted octanol–water partition coefficient (Wildman–Crippen LogP) is 10.9. The molecule has 1 saturated heterocycles. The molecule has 7 heteroatoms. The third-order valence-electron chi connectivity index (χ3n) is 10.4. The highest BCUT2D eigenvalue weighted by Gasteiger charge is 2.49. The van der Waals surface area contributed by atoms with E-state index in [2.05, 4.69) is 91.0 Å². The van der Waals surface area contributed by atoms with Gasteiger partial charge >= 0.3 is 0 Å². The molecule has 57 heavy (non-hydrogen) atoms. The number of thiophene rings is 1. The summed E-state index contributed by atoms with van der Waals surface area (Å²) in [7, 11) is 1.73. The van der Waals surface area contributed by atoms with Gasteiger partial charge in [-0.2, -0.15) is 0 Å². The van der Waals surface area contributed by atoms with Gasteiger partial charge in [0.25, 0.3) is 0 Å². The van der Waals surface area contributed by atoms with E-state index in [-0.39, 0.29) is 0 Å². The van der Waals surface area contributed by atoms with Gasteiger partial charge in [-0.3, -0.25) is 0 Å². The molecule has 1 aromatic heterocycles. The average Bonchev–Trinajstić information content (AvgIpc) is 3.68. The predicted molar refractivity (Wildman–Crippen MR) is 226 cm³/mol. The van der Waals surface area contributed by atoms with Crippen molar-refractivity contribution in [2.75, 3.05) is 13.7 Å². The molecule has 8 rings (SSSR count). The molecule has 0 spiro atoms. The van der Waals surface area contributed by atoms with E-state index in [0.29, 0.717) is 33.0 Å². The second-order valence-electron chi connectivity index (χ2n) is 14.4. The van der Waals surface area contributed by atoms with Crippen LogP contribution in [-0.4, -0.2) is 38.1 Å². The molecular formula is C50H48O6S. The van der Waals surface area contributed by atoms with Crippen LogP contribution in [0, 0.1) is 0 Å². The van der Waals surface area contributed by atoms with Gasteiger partial charge in [0.15, 0.2) is 0 Å². The van der Waals surface area contributed by atoms with Crippen molar-refractivity contribution in [1.82, 2.24) is 0 Å². The molecule has 0 amide bonds. The van der Waals surface area contributed by atoms with Gasteiger partial charge in [-0.1, -0.05) is 146 Å². The zero-order valence-corrected chi connectivity index (χ0v) is 33.0. The minimum atomic E-state index is -0.536. The number of benzene rings is 6. The second-order valence-corrected chi connectivity index (χ2v) is 15.5. The number of methoxy groups -OCH3 is 1. The normalized spacial score (nSPS) is 19.4. The lowest BCUT2D eigenvalue weighted by Gasteiger charge is -2.46. The van der Waals surface area contributed by atoms with Crippen LogP contribution in [-0.2, 0) is 56.5 Å². The highest BCUT2D eigenvalue weighted by atomic mass is 32.1. The lowest BCUT2D eigenvalue weighted by Crippen LogP contribution is -2.58. The third kappa shape index (κ3) is 10.1. The Morgan fingerprint density at radius 3 is 1.63 bits per heavy atom. The third-order valence-corrected chi connectivity index (χ3v) is 11.5. The minimum Gasteiger partial charge on any atom is -0.496 e. The summed E-state index contributed by atoms with van der Waals surface area (Å²) in [5.41, 5.74) is 6.34. The summed E-state index contributed by atoms with van der Waals surface area (Å²) in [4.78, 5) is 1.26. The van der Waals surface area contributed by atoms with Gasteiger partial charge in [0.05, 0.1) is 40.1 Å². The number of ether oxygens (including phenoxy) is 6. The van der Waals surface area contributed by atoms with Crippen molar-refractivity contribution >= 4 is 21.4 Å². The van der Waals surface area contributed by atoms with Crippen LogP contribution in [0.5, 0.6) is 5.75 Å². The number of hydrogen-bond donors (Lipinski definition) is 0. The lowest BCUT2D eigenvalue weighted by molar-refractivity contribution is -0.275. The summed E-state index contributed by atoms with van der Waals surface area (Å²) < 4.78 is 41.8. The van der Waals surface area contributed by atoms with Crippen LogP contribution in [0.2, 0.25) is 0 Å². The zero-order chi connectivity index (χ0) is 38.7. The Balaban J connectivity index is 1.17. The van der Waals surface area contributed by atoms with Crippen LogP contribution >= 0.6 is 11.3 Å². The molecule has 6 aromatic carbocycles. The van der Waals surface area contributed by atoms with Crippen molar-refractivity contribution in [3.05, 3.63) is 208 Å². The van der Waals surface area contributed by atoms with Crippen molar-refractivity contribution in [3.8, 4) is 5.75 Å². The topological polar surface area (TPSA) is 55.4 Å². The van der Waals surface area contributed by atoms with E-state index in [1.807, 2.05) is 90.2 Å². The molecule has 5 atom stereocenters. The van der Waals surface area contributed by atoms with Gasteiger partial charge in [-0.25, -0.2) is 0 Å². The van der Waals surface area contributed by atoms with Crippen molar-refractivity contribution in [2.45, 2.75) is 63.4 Å². The smallest absolute Gasteiger partial charge is 0.122 e. The van der Waals surface area contributed by atoms with Crippen LogP contribution in [0.4, 0.5) is 0 Å². The molecule has 7 aromatic rings. The fourth-order valence-electron chi connectivity index (χ4n) is 7.48. The SMILES string of the molecule is COc1ccc([C@@H]2O[C@H](COCc3ccccc3)[C@@H](OCc3ccccc3)[C@H](OCc3ccccc3)[C@H]2OCc2ccccc2)cc1Cc1cc2ccccc2s1. The Labute approximate surface area is 339 Å². The first-order chi connectivity index (χ1) is 28.2. The summed E-state index contributed by atoms with van der Waals surface area (Å²) >= 11 is 1.81. The van der Waals surface area contributed by atoms with Gasteiger partial charge in [-0.05, 0) is 63.0 Å². The number of fused-ring (bicyclic) bond motifs is 1. The average molecular weight is 777 g/mol. The summed E-state index contributed by atoms with van der Waals surface area (Å²) in [6, 6.07) is 58.1. The first-order valence-corrected chi connectivity index (χ1v) is 20.4. The fraction of sp³-hybridized carbons (Fsp3) is 0.240. The van der Waals surface area contributed by atoms with E-state index in [4.69, 9.17) is 28.4 Å². The minimum absolute atomic E-state index is 0.298. The van der Waals surface area contributed by atoms with Gasteiger partial charge < -0.3 is 28.4 Å². The Hall–Kier alpha value is -5.12. The molecule has 0 unspecified atom stereocenters. The molecular weight excluding hydrogens is 729 g/mol. The van der Waals surface area contributed by atoms with E-state index < -0.39 is 30.5 Å². The van der Waals surface area contributed by atoms with Crippen molar-refractivity contribution in [3.63, 3.8) is 0 Å². The van der Waals surface area contributed by atoms with Crippen molar-refractivity contribution in [1.29, 1.82) is 0 Å². The Morgan fingerprint density at radius 2 is 1.05 bits per heavy atom. The monoisotopic (exact) mass is 776 g/mol. The highest BCUT2D eigenvalue weighted by molar-refractivity contribution is 7.19. The van der Waals surface area contributed by atoms with E-state index >= 15 is 0 Å². The molecule has 0 saturated carbocycles. The van der Waals surface area contributed by atoms with Crippen LogP contribution in [0.15, 0.2) is 170 Å². The van der Waals surface area contributed by atoms with Gasteiger partial charge in [-0.15, -0.1) is 11.3 Å². The number of hydrogen-bond acceptors (Lipinski definition) is 7. The standard InChI is InChI=1S/C50H48O6S/c1-51-44-27-26-41(28-42(44)30-43-29-40-24-14-15-25-46(40)57-43)47-49(54-33-38-20-10-4-11-21-38)50(55-34-39-22-12-5-13-23-39)48(53-32-37-18-8-3-9-19-37)45(56-47)35-52-31-36-16-6-2-7-17-36/h2-29,45,47-50H,30-35H2,1H3/t45-,47+,48-,49+,50+/m1/s1. The maximum Gasteiger partial charge on any atom is 0.122 e. The summed E-state index contributed by atoms with van der Waals surface area (Å²) in [5, 5.41) is 1.25. The summed E-state index contributed by atoms with van der Waals surface area (Å²) in [6.45, 7) is 1.88. The Kier molecular flexibility index (Phi) is 13.2. The molecule has 6 nitrogen and oxygen atoms in total. The Bertz CT molecular complexity index is 2230. The van der Waals surface area contributed by atoms with Crippen LogP contribution < -0.4 is 4.74 Å². The van der Waals surface area contributed by atoms with Gasteiger partial charge in [0.1, 0.15) is 36.3 Å².